The van der Waals surface area contributed by atoms with E-state index in [0.29, 0.717) is 42.0 Å². The highest BCUT2D eigenvalue weighted by molar-refractivity contribution is 7.86. The van der Waals surface area contributed by atoms with Gasteiger partial charge in [-0.2, -0.15) is 32.2 Å². The molecule has 5 aromatic rings. The summed E-state index contributed by atoms with van der Waals surface area (Å²) in [7, 11) is -8.85. The minimum Gasteiger partial charge on any atom is -0.507 e. The highest BCUT2D eigenvalue weighted by atomic mass is 32.2. The van der Waals surface area contributed by atoms with Crippen molar-refractivity contribution in [1.29, 1.82) is 0 Å². The van der Waals surface area contributed by atoms with Gasteiger partial charge in [0.2, 0.25) is 0 Å². The molecule has 0 radical (unpaired) electrons. The predicted molar refractivity (Wildman–Crippen MR) is 208 cm³/mol. The van der Waals surface area contributed by atoms with E-state index < -0.39 is 25.1 Å². The Hall–Kier alpha value is -5.74. The summed E-state index contributed by atoms with van der Waals surface area (Å²) in [6, 6.07) is 24.7. The zero-order valence-electron chi connectivity index (χ0n) is 29.7. The molecule has 0 heterocycles. The minimum absolute atomic E-state index is 0.132. The van der Waals surface area contributed by atoms with Gasteiger partial charge in [0.15, 0.2) is 0 Å². The quantitative estimate of drug-likeness (QED) is 0.0706. The Labute approximate surface area is 313 Å². The van der Waals surface area contributed by atoms with Gasteiger partial charge in [-0.15, -0.1) is 5.11 Å². The minimum atomic E-state index is -4.57. The molecule has 0 unspecified atom stereocenters. The van der Waals surface area contributed by atoms with E-state index in [-0.39, 0.29) is 21.7 Å². The number of benzene rings is 5. The maximum absolute atomic E-state index is 11.9. The molecule has 0 amide bonds. The Balaban J connectivity index is 1.21. The molecule has 1 aliphatic carbocycles. The van der Waals surface area contributed by atoms with Gasteiger partial charge in [0.25, 0.3) is 20.2 Å². The van der Waals surface area contributed by atoms with Gasteiger partial charge in [0.05, 0.1) is 37.9 Å². The van der Waals surface area contributed by atoms with Gasteiger partial charge in [-0.25, -0.2) is 0 Å². The van der Waals surface area contributed by atoms with Crippen molar-refractivity contribution in [3.8, 4) is 5.75 Å². The second kappa shape index (κ2) is 15.7. The SMILES string of the molecule is CCN(Cc1cccc(S(=O)(=O)O)c1)C1=CC=C(N=Nc2ccc(N=Nc3c(Nc4c(C)cccc4C)ccc4cc(S(=O)(=O)O)cc(O)c34)cc2)CC1. The van der Waals surface area contributed by atoms with E-state index in [1.165, 1.54) is 18.2 Å². The Morgan fingerprint density at radius 3 is 1.98 bits per heavy atom. The first kappa shape index (κ1) is 38.0. The van der Waals surface area contributed by atoms with E-state index in [0.717, 1.165) is 46.3 Å². The van der Waals surface area contributed by atoms with Crippen molar-refractivity contribution in [2.75, 3.05) is 11.9 Å². The van der Waals surface area contributed by atoms with E-state index in [2.05, 4.69) is 30.7 Å². The predicted octanol–water partition coefficient (Wildman–Crippen LogP) is 9.98. The van der Waals surface area contributed by atoms with Gasteiger partial charge >= 0.3 is 0 Å². The van der Waals surface area contributed by atoms with E-state index in [1.54, 1.807) is 42.5 Å². The number of nitrogens with zero attached hydrogens (tertiary/aromatic N) is 5. The van der Waals surface area contributed by atoms with Crippen molar-refractivity contribution >= 4 is 59.4 Å². The fourth-order valence-corrected chi connectivity index (χ4v) is 7.20. The van der Waals surface area contributed by atoms with Crippen LogP contribution in [-0.4, -0.2) is 42.5 Å². The second-order valence-corrected chi connectivity index (χ2v) is 15.6. The number of anilines is 2. The Morgan fingerprint density at radius 2 is 1.37 bits per heavy atom. The molecule has 54 heavy (non-hydrogen) atoms. The van der Waals surface area contributed by atoms with Gasteiger partial charge < -0.3 is 15.3 Å². The monoisotopic (exact) mass is 766 g/mol. The number of phenols is 1. The summed E-state index contributed by atoms with van der Waals surface area (Å²) in [4.78, 5) is 1.56. The van der Waals surface area contributed by atoms with Crippen LogP contribution in [0.15, 0.2) is 145 Å². The maximum Gasteiger partial charge on any atom is 0.294 e. The highest BCUT2D eigenvalue weighted by Crippen LogP contribution is 2.43. The second-order valence-electron chi connectivity index (χ2n) is 12.7. The number of fused-ring (bicyclic) bond motifs is 1. The van der Waals surface area contributed by atoms with Crippen LogP contribution in [-0.2, 0) is 26.8 Å². The van der Waals surface area contributed by atoms with Crippen LogP contribution in [0.2, 0.25) is 0 Å². The van der Waals surface area contributed by atoms with Gasteiger partial charge in [-0.3, -0.25) is 9.11 Å². The highest BCUT2D eigenvalue weighted by Gasteiger charge is 2.19. The number of para-hydroxylation sites is 1. The number of allylic oxidation sites excluding steroid dienone is 4. The molecule has 0 saturated carbocycles. The first-order valence-corrected chi connectivity index (χ1v) is 19.8. The molecule has 0 aromatic heterocycles. The molecular weight excluding hydrogens is 729 g/mol. The van der Waals surface area contributed by atoms with E-state index in [4.69, 9.17) is 0 Å². The molecule has 278 valence electrons. The fraction of sp³-hybridized carbons (Fsp3) is 0.179. The number of hydrogen-bond donors (Lipinski definition) is 4. The molecule has 0 bridgehead atoms. The lowest BCUT2D eigenvalue weighted by Gasteiger charge is -2.28. The van der Waals surface area contributed by atoms with Crippen LogP contribution in [0.3, 0.4) is 0 Å². The number of aryl methyl sites for hydroxylation is 2. The average Bonchev–Trinajstić information content (AvgIpc) is 3.14. The van der Waals surface area contributed by atoms with Crippen molar-refractivity contribution in [2.45, 2.75) is 49.9 Å². The summed E-state index contributed by atoms with van der Waals surface area (Å²) in [5, 5.41) is 32.7. The standard InChI is InChI=1S/C39H38N6O7S2/c1-4-45(24-27-9-6-10-33(21-27)53(47,48)49)32-18-16-31(17-19-32)42-41-29-12-14-30(15-13-29)43-44-39-35(40-38-25(2)7-5-8-26(38)3)20-11-28-22-34(54(50,51)52)23-36(46)37(28)39/h5-16,18,20-23,40,46H,4,17,19,24H2,1-3H3,(H,47,48,49)(H,50,51,52). The number of azo groups is 2. The van der Waals surface area contributed by atoms with Crippen LogP contribution < -0.4 is 5.32 Å². The lowest BCUT2D eigenvalue weighted by Crippen LogP contribution is -2.23. The summed E-state index contributed by atoms with van der Waals surface area (Å²) in [5.74, 6) is -0.387. The van der Waals surface area contributed by atoms with Crippen LogP contribution >= 0.6 is 0 Å². The van der Waals surface area contributed by atoms with Crippen LogP contribution in [0.5, 0.6) is 5.75 Å². The Bertz CT molecular complexity index is 2560. The molecule has 0 aliphatic heterocycles. The third kappa shape index (κ3) is 8.89. The van der Waals surface area contributed by atoms with Crippen LogP contribution in [0.25, 0.3) is 10.8 Å². The number of nitrogens with one attached hydrogen (secondary N) is 1. The first-order valence-electron chi connectivity index (χ1n) is 16.9. The molecular formula is C39H38N6O7S2. The van der Waals surface area contributed by atoms with E-state index in [1.807, 2.05) is 57.2 Å². The summed E-state index contributed by atoms with van der Waals surface area (Å²) < 4.78 is 65.9. The molecule has 0 atom stereocenters. The lowest BCUT2D eigenvalue weighted by molar-refractivity contribution is 0.340. The Morgan fingerprint density at radius 1 is 0.722 bits per heavy atom. The van der Waals surface area contributed by atoms with Crippen LogP contribution in [0.1, 0.15) is 36.5 Å². The smallest absolute Gasteiger partial charge is 0.294 e. The summed E-state index contributed by atoms with van der Waals surface area (Å²) in [5.41, 5.74) is 7.34. The molecule has 1 aliphatic rings. The van der Waals surface area contributed by atoms with Gasteiger partial charge in [-0.05, 0) is 116 Å². The van der Waals surface area contributed by atoms with Crippen molar-refractivity contribution < 1.29 is 31.0 Å². The van der Waals surface area contributed by atoms with Crippen molar-refractivity contribution in [2.24, 2.45) is 20.5 Å². The normalized spacial score (nSPS) is 13.7. The number of aromatic hydroxyl groups is 1. The summed E-state index contributed by atoms with van der Waals surface area (Å²) in [6.45, 7) is 7.14. The number of phenolic OH excluding ortho intramolecular Hbond substituents is 1. The molecule has 15 heteroatoms. The fourth-order valence-electron chi connectivity index (χ4n) is 6.12. The zero-order valence-corrected chi connectivity index (χ0v) is 31.3. The van der Waals surface area contributed by atoms with Crippen LogP contribution in [0, 0.1) is 13.8 Å². The molecule has 0 fully saturated rings. The third-order valence-electron chi connectivity index (χ3n) is 8.95. The first-order chi connectivity index (χ1) is 25.7. The van der Waals surface area contributed by atoms with Crippen LogP contribution in [0.4, 0.5) is 28.4 Å². The summed E-state index contributed by atoms with van der Waals surface area (Å²) in [6.07, 6.45) is 5.27. The summed E-state index contributed by atoms with van der Waals surface area (Å²) >= 11 is 0. The van der Waals surface area contributed by atoms with Gasteiger partial charge in [-0.1, -0.05) is 36.4 Å². The topological polar surface area (TPSA) is 194 Å². The molecule has 6 rings (SSSR count). The van der Waals surface area contributed by atoms with Gasteiger partial charge in [0.1, 0.15) is 11.4 Å². The Kier molecular flexibility index (Phi) is 11.0. The van der Waals surface area contributed by atoms with E-state index in [9.17, 15) is 31.0 Å². The average molecular weight is 767 g/mol. The number of hydrogen-bond acceptors (Lipinski definition) is 11. The molecule has 0 spiro atoms. The maximum atomic E-state index is 11.9. The third-order valence-corrected chi connectivity index (χ3v) is 10.6. The van der Waals surface area contributed by atoms with Crippen molar-refractivity contribution in [3.05, 3.63) is 131 Å². The van der Waals surface area contributed by atoms with Crippen molar-refractivity contribution in [1.82, 2.24) is 4.90 Å². The largest absolute Gasteiger partial charge is 0.507 e. The lowest BCUT2D eigenvalue weighted by atomic mass is 10.0. The number of rotatable bonds is 12. The molecule has 0 saturated heterocycles. The van der Waals surface area contributed by atoms with Gasteiger partial charge in [0, 0.05) is 30.5 Å². The molecule has 5 aromatic carbocycles. The van der Waals surface area contributed by atoms with Crippen molar-refractivity contribution in [3.63, 3.8) is 0 Å². The zero-order chi connectivity index (χ0) is 38.6. The molecule has 4 N–H and O–H groups in total. The van der Waals surface area contributed by atoms with E-state index >= 15 is 0 Å². The molecule has 13 nitrogen and oxygen atoms in total.